The van der Waals surface area contributed by atoms with E-state index in [9.17, 15) is 4.79 Å². The zero-order chi connectivity index (χ0) is 11.9. The van der Waals surface area contributed by atoms with E-state index >= 15 is 0 Å². The Kier molecular flexibility index (Phi) is 2.99. The second kappa shape index (κ2) is 4.02. The van der Waals surface area contributed by atoms with E-state index in [2.05, 4.69) is 13.8 Å². The molecule has 2 fully saturated rings. The third-order valence-electron chi connectivity index (χ3n) is 5.05. The fourth-order valence-corrected chi connectivity index (χ4v) is 4.06. The molecule has 2 N–H and O–H groups in total. The third-order valence-corrected chi connectivity index (χ3v) is 5.05. The summed E-state index contributed by atoms with van der Waals surface area (Å²) in [6.45, 7) is 4.75. The number of ether oxygens (including phenoxy) is 1. The molecule has 0 aliphatic heterocycles. The summed E-state index contributed by atoms with van der Waals surface area (Å²) in [6.07, 6.45) is 4.73. The zero-order valence-corrected chi connectivity index (χ0v) is 10.5. The van der Waals surface area contributed by atoms with Gasteiger partial charge in [-0.2, -0.15) is 0 Å². The largest absolute Gasteiger partial charge is 0.468 e. The lowest BCUT2D eigenvalue weighted by Crippen LogP contribution is -2.35. The normalized spacial score (nSPS) is 37.4. The van der Waals surface area contributed by atoms with Crippen LogP contribution in [-0.2, 0) is 9.53 Å². The molecule has 0 saturated heterocycles. The maximum atomic E-state index is 11.3. The van der Waals surface area contributed by atoms with Gasteiger partial charge in [0.05, 0.1) is 7.11 Å². The van der Waals surface area contributed by atoms with Crippen molar-refractivity contribution >= 4 is 5.97 Å². The Bertz CT molecular complexity index is 288. The fourth-order valence-electron chi connectivity index (χ4n) is 4.06. The lowest BCUT2D eigenvalue weighted by atomic mass is 9.78. The van der Waals surface area contributed by atoms with Crippen LogP contribution >= 0.6 is 0 Å². The minimum atomic E-state index is -0.426. The van der Waals surface area contributed by atoms with E-state index in [0.29, 0.717) is 11.3 Å². The lowest BCUT2D eigenvalue weighted by Gasteiger charge is -2.27. The molecule has 16 heavy (non-hydrogen) atoms. The van der Waals surface area contributed by atoms with Gasteiger partial charge in [0, 0.05) is 0 Å². The first kappa shape index (κ1) is 11.9. The number of carbonyl (C=O) groups excluding carboxylic acids is 1. The molecule has 4 atom stereocenters. The molecule has 3 nitrogen and oxygen atoms in total. The number of hydrogen-bond acceptors (Lipinski definition) is 3. The van der Waals surface area contributed by atoms with E-state index in [-0.39, 0.29) is 5.97 Å². The van der Waals surface area contributed by atoms with Gasteiger partial charge in [-0.25, -0.2) is 0 Å². The van der Waals surface area contributed by atoms with Crippen LogP contribution in [-0.4, -0.2) is 19.1 Å². The van der Waals surface area contributed by atoms with Gasteiger partial charge in [-0.15, -0.1) is 0 Å². The molecule has 0 aromatic heterocycles. The van der Waals surface area contributed by atoms with Crippen molar-refractivity contribution in [2.45, 2.75) is 45.6 Å². The smallest absolute Gasteiger partial charge is 0.322 e. The second-order valence-electron chi connectivity index (χ2n) is 6.06. The molecule has 0 radical (unpaired) electrons. The highest BCUT2D eigenvalue weighted by atomic mass is 16.5. The van der Waals surface area contributed by atoms with Gasteiger partial charge in [0.25, 0.3) is 0 Å². The second-order valence-corrected chi connectivity index (χ2v) is 6.06. The molecule has 0 aromatic rings. The lowest BCUT2D eigenvalue weighted by molar-refractivity contribution is -0.142. The Labute approximate surface area is 97.7 Å². The van der Waals surface area contributed by atoms with E-state index in [1.54, 1.807) is 0 Å². The Morgan fingerprint density at radius 1 is 1.50 bits per heavy atom. The number of hydrogen-bond donors (Lipinski definition) is 1. The van der Waals surface area contributed by atoms with Crippen LogP contribution in [0.2, 0.25) is 0 Å². The predicted octanol–water partition coefficient (Wildman–Crippen LogP) is 1.95. The minimum Gasteiger partial charge on any atom is -0.468 e. The molecule has 3 unspecified atom stereocenters. The summed E-state index contributed by atoms with van der Waals surface area (Å²) < 4.78 is 4.69. The molecular weight excluding hydrogens is 202 g/mol. The van der Waals surface area contributed by atoms with E-state index < -0.39 is 6.04 Å². The molecule has 2 aliphatic rings. The monoisotopic (exact) mass is 225 g/mol. The third kappa shape index (κ3) is 1.75. The number of rotatable bonds is 3. The summed E-state index contributed by atoms with van der Waals surface area (Å²) in [4.78, 5) is 11.3. The summed E-state index contributed by atoms with van der Waals surface area (Å²) >= 11 is 0. The molecule has 3 heteroatoms. The number of carbonyl (C=O) groups is 1. The number of nitrogens with two attached hydrogens (primary N) is 1. The van der Waals surface area contributed by atoms with Crippen LogP contribution in [0.1, 0.15) is 39.5 Å². The SMILES string of the molecule is COC(=O)C(N)C[C@H]1CC2CCC1C2(C)C. The highest BCUT2D eigenvalue weighted by Crippen LogP contribution is 2.61. The van der Waals surface area contributed by atoms with Crippen molar-refractivity contribution in [3.05, 3.63) is 0 Å². The van der Waals surface area contributed by atoms with Crippen molar-refractivity contribution in [3.63, 3.8) is 0 Å². The van der Waals surface area contributed by atoms with Crippen molar-refractivity contribution in [2.24, 2.45) is 28.9 Å². The van der Waals surface area contributed by atoms with Gasteiger partial charge in [-0.1, -0.05) is 13.8 Å². The molecule has 0 heterocycles. The van der Waals surface area contributed by atoms with Gasteiger partial charge in [0.1, 0.15) is 6.04 Å². The van der Waals surface area contributed by atoms with Gasteiger partial charge in [-0.05, 0) is 48.9 Å². The number of fused-ring (bicyclic) bond motifs is 2. The number of methoxy groups -OCH3 is 1. The van der Waals surface area contributed by atoms with Crippen LogP contribution in [0, 0.1) is 23.2 Å². The predicted molar refractivity (Wildman–Crippen MR) is 62.7 cm³/mol. The van der Waals surface area contributed by atoms with E-state index in [0.717, 1.165) is 18.3 Å². The summed E-state index contributed by atoms with van der Waals surface area (Å²) in [5.74, 6) is 1.96. The van der Waals surface area contributed by atoms with Crippen molar-refractivity contribution in [2.75, 3.05) is 7.11 Å². The Morgan fingerprint density at radius 2 is 2.19 bits per heavy atom. The summed E-state index contributed by atoms with van der Waals surface area (Å²) in [5.41, 5.74) is 6.31. The fraction of sp³-hybridized carbons (Fsp3) is 0.923. The van der Waals surface area contributed by atoms with Crippen LogP contribution in [0.5, 0.6) is 0 Å². The first-order valence-electron chi connectivity index (χ1n) is 6.30. The van der Waals surface area contributed by atoms with Crippen LogP contribution in [0.15, 0.2) is 0 Å². The standard InChI is InChI=1S/C13H23NO2/c1-13(2)9-4-5-10(13)8(6-9)7-11(14)12(15)16-3/h8-11H,4-7,14H2,1-3H3/t8-,9?,10?,11?/m1/s1. The van der Waals surface area contributed by atoms with Gasteiger partial charge in [0.2, 0.25) is 0 Å². The van der Waals surface area contributed by atoms with Crippen molar-refractivity contribution in [1.29, 1.82) is 0 Å². The Hall–Kier alpha value is -0.570. The molecule has 2 rings (SSSR count). The quantitative estimate of drug-likeness (QED) is 0.747. The molecule has 0 aromatic carbocycles. The Balaban J connectivity index is 1.97. The summed E-state index contributed by atoms with van der Waals surface area (Å²) in [7, 11) is 1.41. The van der Waals surface area contributed by atoms with Gasteiger partial charge in [-0.3, -0.25) is 4.79 Å². The first-order valence-corrected chi connectivity index (χ1v) is 6.30. The van der Waals surface area contributed by atoms with E-state index in [1.807, 2.05) is 0 Å². The molecule has 92 valence electrons. The molecule has 2 bridgehead atoms. The van der Waals surface area contributed by atoms with Gasteiger partial charge in [0.15, 0.2) is 0 Å². The maximum Gasteiger partial charge on any atom is 0.322 e. The van der Waals surface area contributed by atoms with Crippen molar-refractivity contribution < 1.29 is 9.53 Å². The minimum absolute atomic E-state index is 0.263. The topological polar surface area (TPSA) is 52.3 Å². The average molecular weight is 225 g/mol. The molecular formula is C13H23NO2. The molecule has 0 spiro atoms. The van der Waals surface area contributed by atoms with Crippen molar-refractivity contribution in [3.8, 4) is 0 Å². The zero-order valence-electron chi connectivity index (χ0n) is 10.5. The maximum absolute atomic E-state index is 11.3. The van der Waals surface area contributed by atoms with Gasteiger partial charge >= 0.3 is 5.97 Å². The number of esters is 1. The summed E-state index contributed by atoms with van der Waals surface area (Å²) in [5, 5.41) is 0. The highest BCUT2D eigenvalue weighted by molar-refractivity contribution is 5.75. The van der Waals surface area contributed by atoms with Crippen LogP contribution in [0.4, 0.5) is 0 Å². The molecule has 2 aliphatic carbocycles. The molecule has 0 amide bonds. The van der Waals surface area contributed by atoms with Crippen LogP contribution in [0.25, 0.3) is 0 Å². The van der Waals surface area contributed by atoms with Gasteiger partial charge < -0.3 is 10.5 Å². The first-order chi connectivity index (χ1) is 7.46. The van der Waals surface area contributed by atoms with E-state index in [4.69, 9.17) is 10.5 Å². The Morgan fingerprint density at radius 3 is 2.62 bits per heavy atom. The van der Waals surface area contributed by atoms with E-state index in [1.165, 1.54) is 26.4 Å². The van der Waals surface area contributed by atoms with Crippen LogP contribution < -0.4 is 5.73 Å². The van der Waals surface area contributed by atoms with Crippen molar-refractivity contribution in [1.82, 2.24) is 0 Å². The summed E-state index contributed by atoms with van der Waals surface area (Å²) in [6, 6.07) is -0.426. The molecule has 2 saturated carbocycles. The van der Waals surface area contributed by atoms with Crippen LogP contribution in [0.3, 0.4) is 0 Å². The highest BCUT2D eigenvalue weighted by Gasteiger charge is 2.53. The average Bonchev–Trinajstić information content (AvgIpc) is 2.65.